The number of amides is 3. The number of aromatic nitrogens is 4. The monoisotopic (exact) mass is 1110 g/mol. The Balaban J connectivity index is 0.773. The molecule has 4 aromatic carbocycles. The maximum Gasteiger partial charge on any atom is 0.258 e. The van der Waals surface area contributed by atoms with Gasteiger partial charge < -0.3 is 44.9 Å². The van der Waals surface area contributed by atoms with Crippen molar-refractivity contribution in [1.82, 2.24) is 35.5 Å². The number of carbonyl (C=O) groups is 3. The number of ether oxygens (including phenoxy) is 3. The van der Waals surface area contributed by atoms with Crippen LogP contribution in [0.3, 0.4) is 0 Å². The molecule has 9 rings (SSSR count). The molecular formula is C58H67ClF2N8O8S. The summed E-state index contributed by atoms with van der Waals surface area (Å²) in [6, 6.07) is 23.6. The molecule has 0 unspecified atom stereocenters. The van der Waals surface area contributed by atoms with Gasteiger partial charge in [-0.15, -0.1) is 16.4 Å². The molecule has 20 heteroatoms. The fourth-order valence-corrected chi connectivity index (χ4v) is 11.4. The Morgan fingerprint density at radius 3 is 2.45 bits per heavy atom. The van der Waals surface area contributed by atoms with E-state index < -0.39 is 47.0 Å². The number of hydrogen-bond donors (Lipinski definition) is 4. The molecule has 0 spiro atoms. The van der Waals surface area contributed by atoms with Crippen molar-refractivity contribution in [2.45, 2.75) is 128 Å². The van der Waals surface area contributed by atoms with Crippen LogP contribution >= 0.6 is 22.9 Å². The van der Waals surface area contributed by atoms with Gasteiger partial charge in [-0.05, 0) is 97.2 Å². The van der Waals surface area contributed by atoms with Gasteiger partial charge in [0, 0.05) is 49.3 Å². The maximum absolute atomic E-state index is 15.4. The van der Waals surface area contributed by atoms with Crippen LogP contribution in [0.2, 0.25) is 5.02 Å². The van der Waals surface area contributed by atoms with Crippen molar-refractivity contribution < 1.29 is 47.6 Å². The van der Waals surface area contributed by atoms with Crippen LogP contribution in [0.5, 0.6) is 17.2 Å². The number of thiazole rings is 1. The first-order valence-electron chi connectivity index (χ1n) is 26.5. The highest BCUT2D eigenvalue weighted by atomic mass is 35.5. The Morgan fingerprint density at radius 1 is 0.962 bits per heavy atom. The lowest BCUT2D eigenvalue weighted by Gasteiger charge is -2.38. The molecule has 3 amide bonds. The second-order valence-electron chi connectivity index (χ2n) is 21.7. The summed E-state index contributed by atoms with van der Waals surface area (Å²) in [7, 11) is 0. The number of likely N-dealkylation sites (tertiary alicyclic amines) is 1. The average Bonchev–Trinajstić information content (AvgIpc) is 3.92. The van der Waals surface area contributed by atoms with Crippen molar-refractivity contribution in [3.8, 4) is 27.7 Å². The molecule has 2 aromatic heterocycles. The summed E-state index contributed by atoms with van der Waals surface area (Å²) in [5.41, 5.74) is 4.01. The Morgan fingerprint density at radius 2 is 1.73 bits per heavy atom. The highest BCUT2D eigenvalue weighted by molar-refractivity contribution is 7.13. The van der Waals surface area contributed by atoms with E-state index in [1.54, 1.807) is 55.4 Å². The van der Waals surface area contributed by atoms with Gasteiger partial charge in [0.15, 0.2) is 5.67 Å². The SMILES string of the molecule is Cc1ncsc1-c1ccc(CNC(=O)[C@@H]2C[C@@H](O)CN2C(=O)[C@@H](NC(=O)C2(F)CC2)C(C)(C)C)c(OCCOCc2cn(CCOc3ccc(N(Cc4cccc(O)c4Cl)CC4(c5ccccc5F)CCCC4)cc3)nn2)c1. The topological polar surface area (TPSA) is 194 Å². The number of alkyl halides is 1. The first kappa shape index (κ1) is 56.1. The third-order valence-corrected chi connectivity index (χ3v) is 16.3. The van der Waals surface area contributed by atoms with E-state index in [0.717, 1.165) is 58.6 Å². The van der Waals surface area contributed by atoms with Crippen LogP contribution < -0.4 is 25.0 Å². The van der Waals surface area contributed by atoms with Crippen LogP contribution in [0.4, 0.5) is 14.5 Å². The molecule has 2 aliphatic carbocycles. The van der Waals surface area contributed by atoms with Crippen LogP contribution in [0.1, 0.15) is 93.8 Å². The summed E-state index contributed by atoms with van der Waals surface area (Å²) in [5, 5.41) is 35.4. The molecule has 3 heterocycles. The van der Waals surface area contributed by atoms with Crippen molar-refractivity contribution in [3.63, 3.8) is 0 Å². The predicted octanol–water partition coefficient (Wildman–Crippen LogP) is 9.01. The van der Waals surface area contributed by atoms with Gasteiger partial charge in [-0.3, -0.25) is 14.4 Å². The summed E-state index contributed by atoms with van der Waals surface area (Å²) < 4.78 is 50.1. The minimum Gasteiger partial charge on any atom is -0.506 e. The van der Waals surface area contributed by atoms with Gasteiger partial charge in [0.1, 0.15) is 54.1 Å². The molecule has 2 saturated carbocycles. The van der Waals surface area contributed by atoms with Gasteiger partial charge in [-0.25, -0.2) is 18.4 Å². The minimum atomic E-state index is -1.99. The summed E-state index contributed by atoms with van der Waals surface area (Å²) in [4.78, 5) is 49.4. The zero-order valence-electron chi connectivity index (χ0n) is 44.4. The number of rotatable bonds is 23. The number of benzene rings is 4. The van der Waals surface area contributed by atoms with Crippen LogP contribution in [0.25, 0.3) is 10.4 Å². The Hall–Kier alpha value is -6.67. The Labute approximate surface area is 462 Å². The van der Waals surface area contributed by atoms with Crippen LogP contribution in [-0.4, -0.2) is 110 Å². The lowest BCUT2D eigenvalue weighted by Crippen LogP contribution is -2.59. The van der Waals surface area contributed by atoms with E-state index in [4.69, 9.17) is 25.8 Å². The summed E-state index contributed by atoms with van der Waals surface area (Å²) in [5.74, 6) is -0.916. The number of hydrogen-bond acceptors (Lipinski definition) is 13. The van der Waals surface area contributed by atoms with E-state index in [1.807, 2.05) is 67.6 Å². The standard InChI is InChI=1S/C58H67ClF2N8O8S/c1-37-51(78-36-63-37)38-14-15-39(30-62-53(72)47-29-43(70)33-69(47)54(73)52(56(2,3)4)64-55(74)58(61)22-23-58)49(28-38)77-27-26-75-34-41-32-68(66-65-41)24-25-76-44-18-16-42(17-19-44)67(31-40-10-9-13-48(71)50(40)59)35-57(20-7-8-21-57)45-11-5-6-12-46(45)60/h5-6,9-19,28,32,36,43,47,52,70-71H,7-8,20-27,29-31,33-35H2,1-4H3,(H,62,72)(H,64,74)/t43-,47+,52-/m1/s1. The zero-order chi connectivity index (χ0) is 55.2. The zero-order valence-corrected chi connectivity index (χ0v) is 45.9. The molecule has 0 bridgehead atoms. The van der Waals surface area contributed by atoms with Crippen molar-refractivity contribution in [3.05, 3.63) is 136 Å². The fourth-order valence-electron chi connectivity index (χ4n) is 10.4. The van der Waals surface area contributed by atoms with E-state index in [1.165, 1.54) is 22.3 Å². The maximum atomic E-state index is 15.4. The number of anilines is 1. The fraction of sp³-hybridized carbons (Fsp3) is 0.448. The molecule has 414 valence electrons. The molecule has 6 aromatic rings. The largest absolute Gasteiger partial charge is 0.506 e. The van der Waals surface area contributed by atoms with Gasteiger partial charge >= 0.3 is 0 Å². The van der Waals surface area contributed by atoms with Crippen molar-refractivity contribution in [2.24, 2.45) is 5.41 Å². The lowest BCUT2D eigenvalue weighted by atomic mass is 9.78. The molecule has 0 radical (unpaired) electrons. The van der Waals surface area contributed by atoms with Gasteiger partial charge in [-0.2, -0.15) is 0 Å². The van der Waals surface area contributed by atoms with Crippen molar-refractivity contribution >= 4 is 46.3 Å². The van der Waals surface area contributed by atoms with Crippen LogP contribution in [-0.2, 0) is 50.8 Å². The average molecular weight is 1110 g/mol. The highest BCUT2D eigenvalue weighted by Gasteiger charge is 2.53. The lowest BCUT2D eigenvalue weighted by molar-refractivity contribution is -0.145. The number of aliphatic hydroxyl groups is 1. The first-order valence-corrected chi connectivity index (χ1v) is 27.7. The van der Waals surface area contributed by atoms with E-state index in [2.05, 4.69) is 30.8 Å². The number of aryl methyl sites for hydroxylation is 1. The summed E-state index contributed by atoms with van der Waals surface area (Å²) >= 11 is 8.09. The molecule has 3 aliphatic rings. The smallest absolute Gasteiger partial charge is 0.258 e. The van der Waals surface area contributed by atoms with E-state index >= 15 is 4.39 Å². The predicted molar refractivity (Wildman–Crippen MR) is 293 cm³/mol. The third-order valence-electron chi connectivity index (χ3n) is 14.9. The third kappa shape index (κ3) is 13.2. The van der Waals surface area contributed by atoms with Gasteiger partial charge in [-0.1, -0.05) is 92.9 Å². The molecule has 1 aliphatic heterocycles. The number of halogens is 3. The molecule has 78 heavy (non-hydrogen) atoms. The second kappa shape index (κ2) is 24.1. The highest BCUT2D eigenvalue weighted by Crippen LogP contribution is 2.45. The quantitative estimate of drug-likeness (QED) is 0.0446. The number of phenolic OH excluding ortho intramolecular Hbond substituents is 1. The number of nitrogens with one attached hydrogen (secondary N) is 2. The number of nitrogens with zero attached hydrogens (tertiary/aromatic N) is 6. The summed E-state index contributed by atoms with van der Waals surface area (Å²) in [6.45, 7) is 9.38. The van der Waals surface area contributed by atoms with Crippen LogP contribution in [0, 0.1) is 18.2 Å². The minimum absolute atomic E-state index is 0.000542. The second-order valence-corrected chi connectivity index (χ2v) is 23.0. The van der Waals surface area contributed by atoms with Gasteiger partial charge in [0.25, 0.3) is 5.91 Å². The number of aromatic hydroxyl groups is 1. The normalized spacial score (nSPS) is 17.9. The molecule has 1 saturated heterocycles. The van der Waals surface area contributed by atoms with Crippen molar-refractivity contribution in [2.75, 3.05) is 37.8 Å². The van der Waals surface area contributed by atoms with Gasteiger partial charge in [0.05, 0.1) is 53.2 Å². The number of β-amino-alcohol motifs (C(OH)–C–C–N with tert-alkyl or cyclic N) is 1. The number of phenols is 1. The number of aliphatic hydroxyl groups excluding tert-OH is 1. The van der Waals surface area contributed by atoms with E-state index in [0.29, 0.717) is 54.0 Å². The molecule has 16 nitrogen and oxygen atoms in total. The van der Waals surface area contributed by atoms with E-state index in [-0.39, 0.29) is 69.2 Å². The molecule has 3 fully saturated rings. The van der Waals surface area contributed by atoms with Crippen molar-refractivity contribution in [1.29, 1.82) is 0 Å². The molecule has 3 atom stereocenters. The van der Waals surface area contributed by atoms with Crippen LogP contribution in [0.15, 0.2) is 96.6 Å². The number of carbonyl (C=O) groups excluding carboxylic acids is 3. The van der Waals surface area contributed by atoms with Gasteiger partial charge in [0.2, 0.25) is 11.8 Å². The Bertz CT molecular complexity index is 3070. The molecule has 4 N–H and O–H groups in total. The van der Waals surface area contributed by atoms with E-state index in [9.17, 15) is 29.0 Å². The Kier molecular flexibility index (Phi) is 17.4. The molecular weight excluding hydrogens is 1040 g/mol. The summed E-state index contributed by atoms with van der Waals surface area (Å²) in [6.07, 6.45) is 4.74. The first-order chi connectivity index (χ1) is 37.4.